The minimum Gasteiger partial charge on any atom is -0.464 e. The lowest BCUT2D eigenvalue weighted by Crippen LogP contribution is -2.37. The standard InChI is InChI=1S/C12H17N3O3/c1-17-9-5-7-15(8-6-9)11-4-3-10(13-14-11)12(16)18-2/h3-4,9H,5-8H2,1-2H3. The number of esters is 1. The Kier molecular flexibility index (Phi) is 4.09. The molecule has 0 atom stereocenters. The van der Waals surface area contributed by atoms with Crippen molar-refractivity contribution in [3.8, 4) is 0 Å². The Balaban J connectivity index is 2.00. The van der Waals surface area contributed by atoms with E-state index in [1.165, 1.54) is 7.11 Å². The van der Waals surface area contributed by atoms with Crippen LogP contribution in [0.25, 0.3) is 0 Å². The number of nitrogens with zero attached hydrogens (tertiary/aromatic N) is 3. The van der Waals surface area contributed by atoms with Gasteiger partial charge in [0.2, 0.25) is 0 Å². The molecule has 0 unspecified atom stereocenters. The second-order valence-corrected chi connectivity index (χ2v) is 4.19. The van der Waals surface area contributed by atoms with E-state index in [9.17, 15) is 4.79 Å². The number of piperidine rings is 1. The van der Waals surface area contributed by atoms with Crippen molar-refractivity contribution in [2.45, 2.75) is 18.9 Å². The summed E-state index contributed by atoms with van der Waals surface area (Å²) in [5, 5.41) is 7.92. The molecular weight excluding hydrogens is 234 g/mol. The molecule has 6 heteroatoms. The quantitative estimate of drug-likeness (QED) is 0.743. The molecule has 0 radical (unpaired) electrons. The van der Waals surface area contributed by atoms with Crippen molar-refractivity contribution in [2.75, 3.05) is 32.2 Å². The molecule has 1 fully saturated rings. The van der Waals surface area contributed by atoms with Crippen molar-refractivity contribution in [3.05, 3.63) is 17.8 Å². The average Bonchev–Trinajstić information content (AvgIpc) is 2.47. The fourth-order valence-corrected chi connectivity index (χ4v) is 2.03. The molecular formula is C12H17N3O3. The molecule has 0 amide bonds. The predicted octanol–water partition coefficient (Wildman–Crippen LogP) is 0.878. The minimum atomic E-state index is -0.466. The largest absolute Gasteiger partial charge is 0.464 e. The van der Waals surface area contributed by atoms with E-state index in [0.717, 1.165) is 31.7 Å². The molecule has 1 aliphatic rings. The highest BCUT2D eigenvalue weighted by atomic mass is 16.5. The first kappa shape index (κ1) is 12.8. The first-order chi connectivity index (χ1) is 8.74. The molecule has 98 valence electrons. The summed E-state index contributed by atoms with van der Waals surface area (Å²) in [5.74, 6) is 0.323. The average molecular weight is 251 g/mol. The van der Waals surface area contributed by atoms with Crippen molar-refractivity contribution >= 4 is 11.8 Å². The first-order valence-corrected chi connectivity index (χ1v) is 5.94. The van der Waals surface area contributed by atoms with Crippen LogP contribution in [0.4, 0.5) is 5.82 Å². The third kappa shape index (κ3) is 2.76. The molecule has 1 aromatic heterocycles. The van der Waals surface area contributed by atoms with Crippen LogP contribution in [-0.4, -0.2) is 49.6 Å². The van der Waals surface area contributed by atoms with Crippen LogP contribution in [0.5, 0.6) is 0 Å². The number of methoxy groups -OCH3 is 2. The molecule has 0 aromatic carbocycles. The Morgan fingerprint density at radius 3 is 2.50 bits per heavy atom. The van der Waals surface area contributed by atoms with Crippen molar-refractivity contribution in [1.29, 1.82) is 0 Å². The highest BCUT2D eigenvalue weighted by Crippen LogP contribution is 2.18. The first-order valence-electron chi connectivity index (χ1n) is 5.94. The molecule has 1 aliphatic heterocycles. The van der Waals surface area contributed by atoms with Crippen LogP contribution in [-0.2, 0) is 9.47 Å². The summed E-state index contributed by atoms with van der Waals surface area (Å²) >= 11 is 0. The molecule has 18 heavy (non-hydrogen) atoms. The molecule has 0 aliphatic carbocycles. The molecule has 6 nitrogen and oxygen atoms in total. The van der Waals surface area contributed by atoms with Gasteiger partial charge >= 0.3 is 5.97 Å². The van der Waals surface area contributed by atoms with Gasteiger partial charge in [-0.1, -0.05) is 0 Å². The zero-order valence-corrected chi connectivity index (χ0v) is 10.6. The number of hydrogen-bond donors (Lipinski definition) is 0. The lowest BCUT2D eigenvalue weighted by atomic mass is 10.1. The van der Waals surface area contributed by atoms with Gasteiger partial charge in [-0.3, -0.25) is 0 Å². The Bertz CT molecular complexity index is 400. The lowest BCUT2D eigenvalue weighted by molar-refractivity contribution is 0.0592. The van der Waals surface area contributed by atoms with E-state index in [2.05, 4.69) is 19.8 Å². The predicted molar refractivity (Wildman–Crippen MR) is 65.6 cm³/mol. The minimum absolute atomic E-state index is 0.230. The van der Waals surface area contributed by atoms with Crippen LogP contribution in [0.15, 0.2) is 12.1 Å². The van der Waals surface area contributed by atoms with Gasteiger partial charge in [0.1, 0.15) is 0 Å². The van der Waals surface area contributed by atoms with Gasteiger partial charge in [0, 0.05) is 20.2 Å². The number of rotatable bonds is 3. The number of carbonyl (C=O) groups is 1. The Hall–Kier alpha value is -1.69. The molecule has 2 heterocycles. The Morgan fingerprint density at radius 1 is 1.28 bits per heavy atom. The van der Waals surface area contributed by atoms with Gasteiger partial charge in [-0.25, -0.2) is 4.79 Å². The molecule has 0 spiro atoms. The van der Waals surface area contributed by atoms with Crippen LogP contribution in [0.2, 0.25) is 0 Å². The monoisotopic (exact) mass is 251 g/mol. The van der Waals surface area contributed by atoms with E-state index < -0.39 is 5.97 Å². The van der Waals surface area contributed by atoms with Crippen molar-refractivity contribution in [3.63, 3.8) is 0 Å². The van der Waals surface area contributed by atoms with Crippen LogP contribution >= 0.6 is 0 Å². The van der Waals surface area contributed by atoms with E-state index in [4.69, 9.17) is 4.74 Å². The van der Waals surface area contributed by atoms with Gasteiger partial charge in [-0.05, 0) is 25.0 Å². The number of anilines is 1. The number of hydrogen-bond acceptors (Lipinski definition) is 6. The molecule has 0 bridgehead atoms. The van der Waals surface area contributed by atoms with E-state index in [1.54, 1.807) is 19.2 Å². The van der Waals surface area contributed by atoms with Gasteiger partial charge < -0.3 is 14.4 Å². The van der Waals surface area contributed by atoms with Crippen LogP contribution in [0.1, 0.15) is 23.3 Å². The second-order valence-electron chi connectivity index (χ2n) is 4.19. The van der Waals surface area contributed by atoms with Gasteiger partial charge in [0.25, 0.3) is 0 Å². The topological polar surface area (TPSA) is 64.5 Å². The zero-order chi connectivity index (χ0) is 13.0. The molecule has 0 saturated carbocycles. The van der Waals surface area contributed by atoms with Crippen LogP contribution < -0.4 is 4.90 Å². The number of ether oxygens (including phenoxy) is 2. The van der Waals surface area contributed by atoms with E-state index >= 15 is 0 Å². The smallest absolute Gasteiger partial charge is 0.358 e. The number of aromatic nitrogens is 2. The third-order valence-corrected chi connectivity index (χ3v) is 3.14. The highest BCUT2D eigenvalue weighted by Gasteiger charge is 2.20. The van der Waals surface area contributed by atoms with Gasteiger partial charge in [0.05, 0.1) is 13.2 Å². The van der Waals surface area contributed by atoms with E-state index in [-0.39, 0.29) is 5.69 Å². The molecule has 1 aromatic rings. The number of carbonyl (C=O) groups excluding carboxylic acids is 1. The summed E-state index contributed by atoms with van der Waals surface area (Å²) in [5.41, 5.74) is 0.230. The van der Waals surface area contributed by atoms with E-state index in [1.807, 2.05) is 0 Å². The summed E-state index contributed by atoms with van der Waals surface area (Å²) in [6.45, 7) is 1.79. The van der Waals surface area contributed by atoms with Crippen LogP contribution in [0.3, 0.4) is 0 Å². The van der Waals surface area contributed by atoms with Crippen molar-refractivity contribution in [2.24, 2.45) is 0 Å². The van der Waals surface area contributed by atoms with E-state index in [0.29, 0.717) is 6.10 Å². The third-order valence-electron chi connectivity index (χ3n) is 3.14. The summed E-state index contributed by atoms with van der Waals surface area (Å²) in [4.78, 5) is 13.4. The molecule has 1 saturated heterocycles. The maximum absolute atomic E-state index is 11.2. The molecule has 0 N–H and O–H groups in total. The summed E-state index contributed by atoms with van der Waals surface area (Å²) in [7, 11) is 3.07. The second kappa shape index (κ2) is 5.77. The SMILES string of the molecule is COC(=O)c1ccc(N2CCC(OC)CC2)nn1. The normalized spacial score (nSPS) is 16.7. The maximum Gasteiger partial charge on any atom is 0.358 e. The van der Waals surface area contributed by atoms with Crippen molar-refractivity contribution < 1.29 is 14.3 Å². The van der Waals surface area contributed by atoms with Crippen LogP contribution in [0, 0.1) is 0 Å². The Morgan fingerprint density at radius 2 is 2.00 bits per heavy atom. The maximum atomic E-state index is 11.2. The summed E-state index contributed by atoms with van der Waals surface area (Å²) < 4.78 is 9.90. The van der Waals surface area contributed by atoms with Gasteiger partial charge in [-0.15, -0.1) is 10.2 Å². The molecule has 2 rings (SSSR count). The van der Waals surface area contributed by atoms with Gasteiger partial charge in [0.15, 0.2) is 11.5 Å². The lowest BCUT2D eigenvalue weighted by Gasteiger charge is -2.31. The van der Waals surface area contributed by atoms with Gasteiger partial charge in [-0.2, -0.15) is 0 Å². The summed E-state index contributed by atoms with van der Waals surface area (Å²) in [6, 6.07) is 3.43. The zero-order valence-electron chi connectivity index (χ0n) is 10.6. The highest BCUT2D eigenvalue weighted by molar-refractivity contribution is 5.86. The Labute approximate surface area is 106 Å². The van der Waals surface area contributed by atoms with Crippen molar-refractivity contribution in [1.82, 2.24) is 10.2 Å². The summed E-state index contributed by atoms with van der Waals surface area (Å²) in [6.07, 6.45) is 2.30. The fourth-order valence-electron chi connectivity index (χ4n) is 2.03. The fraction of sp³-hybridized carbons (Fsp3) is 0.583.